The average molecular weight is 286 g/mol. The molecule has 2 aromatic rings. The maximum Gasteiger partial charge on any atom is 0.208 e. The lowest BCUT2D eigenvalue weighted by atomic mass is 10.2. The fourth-order valence-corrected chi connectivity index (χ4v) is 2.31. The van der Waals surface area contributed by atoms with Gasteiger partial charge in [0.25, 0.3) is 0 Å². The number of hydrogen-bond acceptors (Lipinski definition) is 4. The topological polar surface area (TPSA) is 90.0 Å². The van der Waals surface area contributed by atoms with Gasteiger partial charge in [-0.1, -0.05) is 0 Å². The largest absolute Gasteiger partial charge is 0.369 e. The number of halogens is 1. The van der Waals surface area contributed by atoms with Crippen molar-refractivity contribution < 1.29 is 12.8 Å². The van der Waals surface area contributed by atoms with Crippen LogP contribution in [0.4, 0.5) is 10.3 Å². The number of aromatic nitrogens is 2. The zero-order valence-electron chi connectivity index (χ0n) is 10.6. The minimum absolute atomic E-state index is 0.199. The number of nitrogens with one attached hydrogen (secondary N) is 1. The van der Waals surface area contributed by atoms with E-state index in [-0.39, 0.29) is 18.3 Å². The second-order valence-electron chi connectivity index (χ2n) is 4.38. The number of imidazole rings is 1. The van der Waals surface area contributed by atoms with E-state index in [0.29, 0.717) is 23.1 Å². The van der Waals surface area contributed by atoms with E-state index in [1.54, 1.807) is 17.6 Å². The van der Waals surface area contributed by atoms with Crippen molar-refractivity contribution in [2.75, 3.05) is 18.5 Å². The molecule has 0 saturated heterocycles. The van der Waals surface area contributed by atoms with Gasteiger partial charge in [0.15, 0.2) is 0 Å². The highest BCUT2D eigenvalue weighted by Gasteiger charge is 2.11. The summed E-state index contributed by atoms with van der Waals surface area (Å²) in [4.78, 5) is 4.05. The molecule has 0 bridgehead atoms. The van der Waals surface area contributed by atoms with Gasteiger partial charge in [-0.15, -0.1) is 0 Å². The van der Waals surface area contributed by atoms with E-state index in [1.165, 1.54) is 6.07 Å². The first-order chi connectivity index (χ1) is 8.78. The van der Waals surface area contributed by atoms with Crippen molar-refractivity contribution in [2.45, 2.75) is 13.5 Å². The SMILES string of the molecule is Cc1cc2c(cc1F)nc(N)n2CCNS(C)(=O)=O. The number of anilines is 1. The minimum atomic E-state index is -3.24. The molecule has 2 rings (SSSR count). The molecule has 0 aliphatic rings. The van der Waals surface area contributed by atoms with E-state index < -0.39 is 10.0 Å². The van der Waals surface area contributed by atoms with Gasteiger partial charge < -0.3 is 10.3 Å². The van der Waals surface area contributed by atoms with Crippen LogP contribution in [0.1, 0.15) is 5.56 Å². The van der Waals surface area contributed by atoms with Gasteiger partial charge in [-0.2, -0.15) is 0 Å². The molecule has 6 nitrogen and oxygen atoms in total. The molecule has 0 aliphatic heterocycles. The summed E-state index contributed by atoms with van der Waals surface area (Å²) in [5, 5.41) is 0. The van der Waals surface area contributed by atoms with E-state index in [0.717, 1.165) is 6.26 Å². The molecule has 8 heteroatoms. The average Bonchev–Trinajstić information content (AvgIpc) is 2.55. The second-order valence-corrected chi connectivity index (χ2v) is 6.21. The first-order valence-electron chi connectivity index (χ1n) is 5.64. The highest BCUT2D eigenvalue weighted by molar-refractivity contribution is 7.88. The molecule has 0 aliphatic carbocycles. The summed E-state index contributed by atoms with van der Waals surface area (Å²) < 4.78 is 39.4. The lowest BCUT2D eigenvalue weighted by Gasteiger charge is -2.07. The summed E-state index contributed by atoms with van der Waals surface area (Å²) >= 11 is 0. The first kappa shape index (κ1) is 13.8. The number of fused-ring (bicyclic) bond motifs is 1. The van der Waals surface area contributed by atoms with Gasteiger partial charge in [0.2, 0.25) is 16.0 Å². The van der Waals surface area contributed by atoms with Crippen molar-refractivity contribution in [1.29, 1.82) is 0 Å². The molecule has 1 aromatic heterocycles. The molecule has 0 spiro atoms. The number of sulfonamides is 1. The van der Waals surface area contributed by atoms with Gasteiger partial charge in [0.05, 0.1) is 17.3 Å². The monoisotopic (exact) mass is 286 g/mol. The molecule has 3 N–H and O–H groups in total. The van der Waals surface area contributed by atoms with Crippen LogP contribution in [-0.2, 0) is 16.6 Å². The van der Waals surface area contributed by atoms with Crippen molar-refractivity contribution in [1.82, 2.24) is 14.3 Å². The quantitative estimate of drug-likeness (QED) is 0.862. The maximum absolute atomic E-state index is 13.4. The number of hydrogen-bond donors (Lipinski definition) is 2. The number of aryl methyl sites for hydroxylation is 1. The molecule has 19 heavy (non-hydrogen) atoms. The van der Waals surface area contributed by atoms with Crippen LogP contribution in [0.15, 0.2) is 12.1 Å². The van der Waals surface area contributed by atoms with Gasteiger partial charge >= 0.3 is 0 Å². The number of rotatable bonds is 4. The van der Waals surface area contributed by atoms with Crippen molar-refractivity contribution in [3.63, 3.8) is 0 Å². The van der Waals surface area contributed by atoms with Crippen LogP contribution in [-0.4, -0.2) is 30.8 Å². The minimum Gasteiger partial charge on any atom is -0.369 e. The van der Waals surface area contributed by atoms with Gasteiger partial charge in [0, 0.05) is 19.2 Å². The Morgan fingerprint density at radius 3 is 2.79 bits per heavy atom. The summed E-state index contributed by atoms with van der Waals surface area (Å²) in [6, 6.07) is 2.97. The van der Waals surface area contributed by atoms with E-state index in [9.17, 15) is 12.8 Å². The van der Waals surface area contributed by atoms with Gasteiger partial charge in [0.1, 0.15) is 5.82 Å². The van der Waals surface area contributed by atoms with Gasteiger partial charge in [-0.3, -0.25) is 0 Å². The molecular weight excluding hydrogens is 271 g/mol. The Morgan fingerprint density at radius 2 is 2.16 bits per heavy atom. The Morgan fingerprint density at radius 1 is 1.47 bits per heavy atom. The van der Waals surface area contributed by atoms with Crippen LogP contribution in [0.3, 0.4) is 0 Å². The zero-order chi connectivity index (χ0) is 14.2. The molecule has 0 saturated carbocycles. The van der Waals surface area contributed by atoms with Crippen LogP contribution in [0.2, 0.25) is 0 Å². The predicted molar refractivity (Wildman–Crippen MR) is 71.7 cm³/mol. The third-order valence-corrected chi connectivity index (χ3v) is 3.49. The fourth-order valence-electron chi connectivity index (χ4n) is 1.85. The maximum atomic E-state index is 13.4. The number of nitrogens with two attached hydrogens (primary N) is 1. The molecule has 0 unspecified atom stereocenters. The Hall–Kier alpha value is -1.67. The fraction of sp³-hybridized carbons (Fsp3) is 0.364. The van der Waals surface area contributed by atoms with Crippen LogP contribution >= 0.6 is 0 Å². The number of nitrogen functional groups attached to an aromatic ring is 1. The normalized spacial score (nSPS) is 12.2. The Bertz CT molecular complexity index is 724. The van der Waals surface area contributed by atoms with Crippen LogP contribution in [0.25, 0.3) is 11.0 Å². The van der Waals surface area contributed by atoms with E-state index in [4.69, 9.17) is 5.73 Å². The van der Waals surface area contributed by atoms with Gasteiger partial charge in [-0.05, 0) is 18.6 Å². The molecule has 0 fully saturated rings. The van der Waals surface area contributed by atoms with Gasteiger partial charge in [-0.25, -0.2) is 22.5 Å². The molecule has 1 heterocycles. The van der Waals surface area contributed by atoms with Crippen molar-refractivity contribution in [2.24, 2.45) is 0 Å². The molecule has 0 radical (unpaired) electrons. The highest BCUT2D eigenvalue weighted by atomic mass is 32.2. The summed E-state index contributed by atoms with van der Waals surface area (Å²) in [5.41, 5.74) is 7.39. The molecule has 0 amide bonds. The summed E-state index contributed by atoms with van der Waals surface area (Å²) in [6.45, 7) is 2.18. The lowest BCUT2D eigenvalue weighted by Crippen LogP contribution is -2.26. The Balaban J connectivity index is 2.32. The second kappa shape index (κ2) is 4.78. The first-order valence-corrected chi connectivity index (χ1v) is 7.53. The summed E-state index contributed by atoms with van der Waals surface area (Å²) in [6.07, 6.45) is 1.09. The summed E-state index contributed by atoms with van der Waals surface area (Å²) in [7, 11) is -3.24. The third kappa shape index (κ3) is 3.02. The van der Waals surface area contributed by atoms with Crippen molar-refractivity contribution in [3.8, 4) is 0 Å². The third-order valence-electron chi connectivity index (χ3n) is 2.76. The zero-order valence-corrected chi connectivity index (χ0v) is 11.5. The van der Waals surface area contributed by atoms with Crippen molar-refractivity contribution >= 4 is 27.0 Å². The number of benzene rings is 1. The highest BCUT2D eigenvalue weighted by Crippen LogP contribution is 2.21. The molecule has 0 atom stereocenters. The predicted octanol–water partition coefficient (Wildman–Crippen LogP) is 0.615. The Kier molecular flexibility index (Phi) is 3.46. The van der Waals surface area contributed by atoms with Crippen LogP contribution in [0, 0.1) is 12.7 Å². The van der Waals surface area contributed by atoms with E-state index in [2.05, 4.69) is 9.71 Å². The van der Waals surface area contributed by atoms with E-state index >= 15 is 0 Å². The van der Waals surface area contributed by atoms with Crippen LogP contribution < -0.4 is 10.5 Å². The molecular formula is C11H15FN4O2S. The lowest BCUT2D eigenvalue weighted by molar-refractivity contribution is 0.581. The Labute approximate surface area is 110 Å². The van der Waals surface area contributed by atoms with Crippen molar-refractivity contribution in [3.05, 3.63) is 23.5 Å². The smallest absolute Gasteiger partial charge is 0.208 e. The van der Waals surface area contributed by atoms with Crippen LogP contribution in [0.5, 0.6) is 0 Å². The van der Waals surface area contributed by atoms with E-state index in [1.807, 2.05) is 0 Å². The number of nitrogens with zero attached hydrogens (tertiary/aromatic N) is 2. The summed E-state index contributed by atoms with van der Waals surface area (Å²) in [5.74, 6) is -0.110. The molecule has 104 valence electrons. The standard InChI is InChI=1S/C11H15FN4O2S/c1-7-5-10-9(6-8(7)12)15-11(13)16(10)4-3-14-19(2,17)18/h5-6,14H,3-4H2,1-2H3,(H2,13,15). The molecule has 1 aromatic carbocycles.